The molecule has 1 aliphatic carbocycles. The molecule has 0 aromatic heterocycles. The summed E-state index contributed by atoms with van der Waals surface area (Å²) in [6.07, 6.45) is 0.338. The summed E-state index contributed by atoms with van der Waals surface area (Å²) in [5.41, 5.74) is 3.71. The zero-order valence-electron chi connectivity index (χ0n) is 17.9. The van der Waals surface area contributed by atoms with Crippen molar-refractivity contribution in [2.24, 2.45) is 11.8 Å². The molecule has 5 nitrogen and oxygen atoms in total. The molecule has 2 aromatic rings. The highest BCUT2D eigenvalue weighted by molar-refractivity contribution is 5.99. The molecule has 0 amide bonds. The Labute approximate surface area is 173 Å². The number of aliphatic hydroxyl groups is 1. The zero-order chi connectivity index (χ0) is 21.1. The first-order valence-corrected chi connectivity index (χ1v) is 10.0. The van der Waals surface area contributed by atoms with Crippen LogP contribution in [0.2, 0.25) is 0 Å². The van der Waals surface area contributed by atoms with Crippen molar-refractivity contribution in [3.63, 3.8) is 0 Å². The molecule has 0 bridgehead atoms. The van der Waals surface area contributed by atoms with Crippen LogP contribution in [0.5, 0.6) is 11.5 Å². The number of carbonyl (C=O) groups is 1. The van der Waals surface area contributed by atoms with E-state index in [0.29, 0.717) is 12.5 Å². The monoisotopic (exact) mass is 397 g/mol. The fourth-order valence-corrected chi connectivity index (χ4v) is 4.00. The van der Waals surface area contributed by atoms with Gasteiger partial charge >= 0.3 is 0 Å². The Morgan fingerprint density at radius 3 is 2.45 bits per heavy atom. The number of aryl methyl sites for hydroxylation is 2. The van der Waals surface area contributed by atoms with Crippen LogP contribution in [0.4, 0.5) is 0 Å². The van der Waals surface area contributed by atoms with E-state index in [4.69, 9.17) is 9.47 Å². The lowest BCUT2D eigenvalue weighted by Gasteiger charge is -2.23. The molecule has 3 atom stereocenters. The first kappa shape index (κ1) is 21.3. The topological polar surface area (TPSA) is 59.0 Å². The summed E-state index contributed by atoms with van der Waals surface area (Å²) in [6, 6.07) is 11.3. The Bertz CT molecular complexity index is 862. The Morgan fingerprint density at radius 1 is 1.14 bits per heavy atom. The second-order valence-electron chi connectivity index (χ2n) is 8.11. The fourth-order valence-electron chi connectivity index (χ4n) is 4.00. The molecule has 0 saturated heterocycles. The van der Waals surface area contributed by atoms with Gasteiger partial charge in [0.05, 0.1) is 20.3 Å². The SMILES string of the molecule is COc1ccc(C(=O)[C@H]2C[C@@H]2CN(C)CC(O)c2cc(C)c(OC)cc2C)cc1. The van der Waals surface area contributed by atoms with Gasteiger partial charge in [-0.3, -0.25) is 4.79 Å². The molecule has 1 fully saturated rings. The summed E-state index contributed by atoms with van der Waals surface area (Å²) in [7, 11) is 5.28. The smallest absolute Gasteiger partial charge is 0.166 e. The average Bonchev–Trinajstić information content (AvgIpc) is 3.47. The van der Waals surface area contributed by atoms with E-state index in [1.54, 1.807) is 14.2 Å². The van der Waals surface area contributed by atoms with Gasteiger partial charge in [0.2, 0.25) is 0 Å². The first-order chi connectivity index (χ1) is 13.8. The predicted octanol–water partition coefficient (Wildman–Crippen LogP) is 3.80. The molecule has 0 heterocycles. The van der Waals surface area contributed by atoms with Crippen LogP contribution in [0.25, 0.3) is 0 Å². The van der Waals surface area contributed by atoms with Gasteiger partial charge in [-0.2, -0.15) is 0 Å². The highest BCUT2D eigenvalue weighted by Crippen LogP contribution is 2.41. The molecule has 156 valence electrons. The quantitative estimate of drug-likeness (QED) is 0.652. The molecule has 2 aromatic carbocycles. The molecule has 1 unspecified atom stereocenters. The molecular formula is C24H31NO4. The molecular weight excluding hydrogens is 366 g/mol. The number of ether oxygens (including phenoxy) is 2. The van der Waals surface area contributed by atoms with Gasteiger partial charge in [0.1, 0.15) is 11.5 Å². The number of benzene rings is 2. The molecule has 1 N–H and O–H groups in total. The molecule has 1 saturated carbocycles. The molecule has 1 aliphatic rings. The third kappa shape index (κ3) is 4.98. The van der Waals surface area contributed by atoms with Gasteiger partial charge in [-0.25, -0.2) is 0 Å². The minimum atomic E-state index is -0.570. The van der Waals surface area contributed by atoms with Crippen LogP contribution in [-0.4, -0.2) is 50.1 Å². The third-order valence-corrected chi connectivity index (χ3v) is 5.81. The van der Waals surface area contributed by atoms with E-state index in [1.807, 2.05) is 57.3 Å². The molecule has 5 heteroatoms. The third-order valence-electron chi connectivity index (χ3n) is 5.81. The summed E-state index contributed by atoms with van der Waals surface area (Å²) in [5.74, 6) is 2.22. The van der Waals surface area contributed by atoms with Crippen molar-refractivity contribution < 1.29 is 19.4 Å². The standard InChI is InChI=1S/C24H31NO4/c1-15-11-23(29-5)16(2)10-20(15)22(26)14-25(3)13-18-12-21(18)24(27)17-6-8-19(28-4)9-7-17/h6-11,18,21-22,26H,12-14H2,1-5H3/t18-,21+,22?/m1/s1. The normalized spacial score (nSPS) is 19.1. The number of nitrogens with zero attached hydrogens (tertiary/aromatic N) is 1. The van der Waals surface area contributed by atoms with E-state index in [9.17, 15) is 9.90 Å². The zero-order valence-corrected chi connectivity index (χ0v) is 17.9. The molecule has 0 radical (unpaired) electrons. The second-order valence-corrected chi connectivity index (χ2v) is 8.11. The van der Waals surface area contributed by atoms with E-state index in [2.05, 4.69) is 4.90 Å². The molecule has 29 heavy (non-hydrogen) atoms. The van der Waals surface area contributed by atoms with Gasteiger partial charge < -0.3 is 19.5 Å². The Kier molecular flexibility index (Phi) is 6.60. The van der Waals surface area contributed by atoms with E-state index in [1.165, 1.54) is 0 Å². The Hall–Kier alpha value is -2.37. The Balaban J connectivity index is 1.54. The largest absolute Gasteiger partial charge is 0.497 e. The van der Waals surface area contributed by atoms with E-state index < -0.39 is 6.10 Å². The maximum absolute atomic E-state index is 12.7. The summed E-state index contributed by atoms with van der Waals surface area (Å²) in [6.45, 7) is 5.31. The predicted molar refractivity (Wildman–Crippen MR) is 114 cm³/mol. The van der Waals surface area contributed by atoms with Crippen molar-refractivity contribution in [2.45, 2.75) is 26.4 Å². The molecule has 3 rings (SSSR count). The maximum atomic E-state index is 12.7. The van der Waals surface area contributed by atoms with E-state index in [-0.39, 0.29) is 11.7 Å². The fraction of sp³-hybridized carbons (Fsp3) is 0.458. The number of Topliss-reactive ketones (excluding diaryl/α,β-unsaturated/α-hetero) is 1. The number of likely N-dealkylation sites (N-methyl/N-ethyl adjacent to an activating group) is 1. The number of rotatable bonds is 9. The Morgan fingerprint density at radius 2 is 1.83 bits per heavy atom. The lowest BCUT2D eigenvalue weighted by atomic mass is 9.99. The summed E-state index contributed by atoms with van der Waals surface area (Å²) < 4.78 is 10.5. The molecule has 0 spiro atoms. The number of hydrogen-bond acceptors (Lipinski definition) is 5. The van der Waals surface area contributed by atoms with Crippen molar-refractivity contribution in [1.29, 1.82) is 0 Å². The van der Waals surface area contributed by atoms with Crippen LogP contribution in [0, 0.1) is 25.7 Å². The van der Waals surface area contributed by atoms with Crippen molar-refractivity contribution in [3.05, 3.63) is 58.7 Å². The number of aliphatic hydroxyl groups excluding tert-OH is 1. The van der Waals surface area contributed by atoms with Gasteiger partial charge in [-0.05, 0) is 86.3 Å². The number of carbonyl (C=O) groups excluding carboxylic acids is 1. The van der Waals surface area contributed by atoms with Gasteiger partial charge in [-0.1, -0.05) is 0 Å². The van der Waals surface area contributed by atoms with Gasteiger partial charge in [-0.15, -0.1) is 0 Å². The van der Waals surface area contributed by atoms with Crippen LogP contribution in [0.15, 0.2) is 36.4 Å². The lowest BCUT2D eigenvalue weighted by Crippen LogP contribution is -2.27. The number of hydrogen-bond donors (Lipinski definition) is 1. The van der Waals surface area contributed by atoms with Gasteiger partial charge in [0.15, 0.2) is 5.78 Å². The van der Waals surface area contributed by atoms with Crippen LogP contribution in [-0.2, 0) is 0 Å². The van der Waals surface area contributed by atoms with Gasteiger partial charge in [0, 0.05) is 24.6 Å². The average molecular weight is 398 g/mol. The number of methoxy groups -OCH3 is 2. The van der Waals surface area contributed by atoms with Crippen molar-refractivity contribution in [1.82, 2.24) is 4.90 Å². The summed E-state index contributed by atoms with van der Waals surface area (Å²) >= 11 is 0. The van der Waals surface area contributed by atoms with Crippen molar-refractivity contribution in [2.75, 3.05) is 34.4 Å². The summed E-state index contributed by atoms with van der Waals surface area (Å²) in [4.78, 5) is 14.8. The van der Waals surface area contributed by atoms with Crippen LogP contribution < -0.4 is 9.47 Å². The first-order valence-electron chi connectivity index (χ1n) is 10.0. The minimum absolute atomic E-state index is 0.0768. The van der Waals surface area contributed by atoms with Crippen molar-refractivity contribution >= 4 is 5.78 Å². The van der Waals surface area contributed by atoms with Gasteiger partial charge in [0.25, 0.3) is 0 Å². The van der Waals surface area contributed by atoms with Crippen LogP contribution in [0.1, 0.15) is 39.6 Å². The summed E-state index contributed by atoms with van der Waals surface area (Å²) in [5, 5.41) is 10.7. The van der Waals surface area contributed by atoms with E-state index >= 15 is 0 Å². The highest BCUT2D eigenvalue weighted by Gasteiger charge is 2.43. The lowest BCUT2D eigenvalue weighted by molar-refractivity contribution is 0.0951. The number of ketones is 1. The van der Waals surface area contributed by atoms with Crippen molar-refractivity contribution in [3.8, 4) is 11.5 Å². The second kappa shape index (κ2) is 8.97. The molecule has 0 aliphatic heterocycles. The van der Waals surface area contributed by atoms with E-state index in [0.717, 1.165) is 46.7 Å². The van der Waals surface area contributed by atoms with Crippen LogP contribution >= 0.6 is 0 Å². The van der Waals surface area contributed by atoms with Crippen LogP contribution in [0.3, 0.4) is 0 Å². The maximum Gasteiger partial charge on any atom is 0.166 e. The highest BCUT2D eigenvalue weighted by atomic mass is 16.5. The minimum Gasteiger partial charge on any atom is -0.497 e.